The molecule has 222 valence electrons. The van der Waals surface area contributed by atoms with E-state index in [0.29, 0.717) is 51.8 Å². The number of aromatic nitrogens is 6. The van der Waals surface area contributed by atoms with Gasteiger partial charge in [0.1, 0.15) is 0 Å². The molecule has 0 saturated carbocycles. The fraction of sp³-hybridized carbons (Fsp3) is 0.167. The summed E-state index contributed by atoms with van der Waals surface area (Å²) in [5, 5.41) is 12.8. The third kappa shape index (κ3) is 5.68. The summed E-state index contributed by atoms with van der Waals surface area (Å²) in [6, 6.07) is 24.0. The van der Waals surface area contributed by atoms with Crippen LogP contribution in [-0.2, 0) is 0 Å². The van der Waals surface area contributed by atoms with Crippen LogP contribution in [0.2, 0.25) is 0 Å². The quantitative estimate of drug-likeness (QED) is 0.186. The van der Waals surface area contributed by atoms with E-state index >= 15 is 0 Å². The van der Waals surface area contributed by atoms with Gasteiger partial charge >= 0.3 is 0 Å². The third-order valence-corrected chi connectivity index (χ3v) is 7.68. The summed E-state index contributed by atoms with van der Waals surface area (Å²) in [5.41, 5.74) is 11.4. The molecule has 3 aromatic heterocycles. The molecule has 0 N–H and O–H groups in total. The molecule has 3 heterocycles. The molecule has 7 rings (SSSR count). The van der Waals surface area contributed by atoms with Crippen LogP contribution in [0, 0.1) is 41.5 Å². The van der Waals surface area contributed by atoms with Crippen molar-refractivity contribution in [1.29, 1.82) is 0 Å². The number of rotatable bonds is 6. The highest BCUT2D eigenvalue weighted by Gasteiger charge is 2.20. The van der Waals surface area contributed by atoms with Gasteiger partial charge in [-0.2, -0.15) is 15.0 Å². The smallest absolute Gasteiger partial charge is 0.258 e. The summed E-state index contributed by atoms with van der Waals surface area (Å²) in [6.07, 6.45) is 0. The number of aryl methyl sites for hydroxylation is 6. The van der Waals surface area contributed by atoms with Crippen LogP contribution < -0.4 is 0 Å². The molecule has 0 aliphatic carbocycles. The van der Waals surface area contributed by atoms with Crippen LogP contribution in [0.15, 0.2) is 86.4 Å². The van der Waals surface area contributed by atoms with E-state index in [4.69, 9.17) is 28.5 Å². The molecule has 0 aliphatic heterocycles. The van der Waals surface area contributed by atoms with Crippen molar-refractivity contribution in [1.82, 2.24) is 30.4 Å². The van der Waals surface area contributed by atoms with Crippen molar-refractivity contribution in [3.8, 4) is 68.5 Å². The Morgan fingerprint density at radius 1 is 0.356 bits per heavy atom. The van der Waals surface area contributed by atoms with Gasteiger partial charge in [0.2, 0.25) is 17.5 Å². The summed E-state index contributed by atoms with van der Waals surface area (Å²) in [4.78, 5) is 14.2. The Bertz CT molecular complexity index is 2060. The molecule has 4 aromatic carbocycles. The number of hydrogen-bond donors (Lipinski definition) is 0. The highest BCUT2D eigenvalue weighted by molar-refractivity contribution is 5.75. The number of nitrogens with zero attached hydrogens (tertiary/aromatic N) is 6. The maximum atomic E-state index is 5.77. The fourth-order valence-corrected chi connectivity index (χ4v) is 5.46. The van der Waals surface area contributed by atoms with Crippen molar-refractivity contribution >= 4 is 0 Å². The topological polar surface area (TPSA) is 117 Å². The lowest BCUT2D eigenvalue weighted by Crippen LogP contribution is -1.89. The van der Waals surface area contributed by atoms with Gasteiger partial charge < -0.3 is 13.6 Å². The highest BCUT2D eigenvalue weighted by Crippen LogP contribution is 2.34. The predicted molar refractivity (Wildman–Crippen MR) is 171 cm³/mol. The first-order valence-corrected chi connectivity index (χ1v) is 14.6. The molecule has 45 heavy (non-hydrogen) atoms. The van der Waals surface area contributed by atoms with E-state index in [0.717, 1.165) is 44.5 Å². The van der Waals surface area contributed by atoms with Gasteiger partial charge in [-0.15, -0.1) is 0 Å². The van der Waals surface area contributed by atoms with Crippen molar-refractivity contribution in [2.75, 3.05) is 0 Å². The molecule has 0 amide bonds. The van der Waals surface area contributed by atoms with Gasteiger partial charge in [0.05, 0.1) is 0 Å². The molecule has 0 atom stereocenters. The van der Waals surface area contributed by atoms with Gasteiger partial charge in [-0.1, -0.05) is 62.0 Å². The molecule has 0 unspecified atom stereocenters. The first kappa shape index (κ1) is 28.1. The minimum absolute atomic E-state index is 0.328. The highest BCUT2D eigenvalue weighted by atomic mass is 16.5. The zero-order chi connectivity index (χ0) is 31.2. The summed E-state index contributed by atoms with van der Waals surface area (Å²) < 4.78 is 17.3. The van der Waals surface area contributed by atoms with E-state index in [2.05, 4.69) is 41.5 Å². The summed E-state index contributed by atoms with van der Waals surface area (Å²) in [5.74, 6) is 2.46. The average Bonchev–Trinajstić information content (AvgIpc) is 3.79. The fourth-order valence-electron chi connectivity index (χ4n) is 5.46. The van der Waals surface area contributed by atoms with E-state index in [-0.39, 0.29) is 0 Å². The molecule has 7 aromatic rings. The van der Waals surface area contributed by atoms with Crippen LogP contribution in [0.25, 0.3) is 68.5 Å². The van der Waals surface area contributed by atoms with E-state index in [9.17, 15) is 0 Å². The Morgan fingerprint density at radius 3 is 1.11 bits per heavy atom. The molecule has 0 spiro atoms. The average molecular weight is 595 g/mol. The molecule has 0 radical (unpaired) electrons. The van der Waals surface area contributed by atoms with Crippen LogP contribution in [0.5, 0.6) is 0 Å². The van der Waals surface area contributed by atoms with Crippen molar-refractivity contribution in [3.63, 3.8) is 0 Å². The van der Waals surface area contributed by atoms with Gasteiger partial charge in [0, 0.05) is 33.4 Å². The van der Waals surface area contributed by atoms with Crippen LogP contribution in [0.1, 0.15) is 33.4 Å². The number of benzene rings is 4. The summed E-state index contributed by atoms with van der Waals surface area (Å²) in [6.45, 7) is 12.3. The molecule has 0 saturated heterocycles. The lowest BCUT2D eigenvalue weighted by Gasteiger charge is -2.03. The maximum absolute atomic E-state index is 5.77. The van der Waals surface area contributed by atoms with E-state index in [1.165, 1.54) is 5.56 Å². The van der Waals surface area contributed by atoms with E-state index in [1.54, 1.807) is 0 Å². The summed E-state index contributed by atoms with van der Waals surface area (Å²) in [7, 11) is 0. The van der Waals surface area contributed by atoms with Crippen molar-refractivity contribution < 1.29 is 13.6 Å². The van der Waals surface area contributed by atoms with Gasteiger partial charge in [-0.25, -0.2) is 0 Å². The molecule has 0 bridgehead atoms. The van der Waals surface area contributed by atoms with Crippen LogP contribution in [0.3, 0.4) is 0 Å². The second-order valence-electron chi connectivity index (χ2n) is 11.6. The maximum Gasteiger partial charge on any atom is 0.258 e. The Morgan fingerprint density at radius 2 is 0.733 bits per heavy atom. The largest absolute Gasteiger partial charge is 0.334 e. The van der Waals surface area contributed by atoms with Crippen LogP contribution in [-0.4, -0.2) is 30.4 Å². The van der Waals surface area contributed by atoms with Gasteiger partial charge in [0.15, 0.2) is 0 Å². The van der Waals surface area contributed by atoms with E-state index < -0.39 is 0 Å². The van der Waals surface area contributed by atoms with Gasteiger partial charge in [0.25, 0.3) is 17.7 Å². The number of hydrogen-bond acceptors (Lipinski definition) is 9. The Balaban J connectivity index is 1.32. The minimum atomic E-state index is 0.328. The Hall–Kier alpha value is -5.70. The summed E-state index contributed by atoms with van der Waals surface area (Å²) >= 11 is 0. The monoisotopic (exact) mass is 594 g/mol. The first-order chi connectivity index (χ1) is 21.7. The third-order valence-electron chi connectivity index (χ3n) is 7.68. The Kier molecular flexibility index (Phi) is 6.93. The van der Waals surface area contributed by atoms with Crippen molar-refractivity contribution in [3.05, 3.63) is 106 Å². The standard InChI is InChI=1S/C36H30N6O3/c1-19-9-20(2)12-26(11-19)32-38-35(44-41-32)29-16-28(34-37-31(40-43-34)25-8-7-23(5)24(6)15-25)17-30(18-29)36-39-33(42-45-36)27-13-21(3)10-22(4)14-27/h7-18H,1-6H3. The first-order valence-electron chi connectivity index (χ1n) is 14.6. The SMILES string of the molecule is Cc1cc(C)cc(-c2noc(-c3cc(-c4nc(-c5cc(C)cc(C)c5)no4)cc(-c4nc(-c5ccc(C)c(C)c5)no4)c3)n2)c1. The Labute approximate surface area is 260 Å². The zero-order valence-electron chi connectivity index (χ0n) is 25.8. The normalized spacial score (nSPS) is 11.3. The minimum Gasteiger partial charge on any atom is -0.334 e. The van der Waals surface area contributed by atoms with Crippen molar-refractivity contribution in [2.45, 2.75) is 41.5 Å². The zero-order valence-corrected chi connectivity index (χ0v) is 25.8. The molecule has 0 fully saturated rings. The lowest BCUT2D eigenvalue weighted by atomic mass is 10.0. The lowest BCUT2D eigenvalue weighted by molar-refractivity contribution is 0.429. The van der Waals surface area contributed by atoms with Crippen LogP contribution >= 0.6 is 0 Å². The van der Waals surface area contributed by atoms with Crippen molar-refractivity contribution in [2.24, 2.45) is 0 Å². The molecule has 9 nitrogen and oxygen atoms in total. The molecule has 9 heteroatoms. The molecule has 0 aliphatic rings. The van der Waals surface area contributed by atoms with Crippen LogP contribution in [0.4, 0.5) is 0 Å². The van der Waals surface area contributed by atoms with E-state index in [1.807, 2.05) is 88.4 Å². The predicted octanol–water partition coefficient (Wildman–Crippen LogP) is 8.69. The molecular formula is C36H30N6O3. The van der Waals surface area contributed by atoms with Gasteiger partial charge in [-0.3, -0.25) is 0 Å². The second kappa shape index (κ2) is 11.1. The second-order valence-corrected chi connectivity index (χ2v) is 11.6. The molecular weight excluding hydrogens is 564 g/mol. The van der Waals surface area contributed by atoms with Gasteiger partial charge in [-0.05, 0) is 101 Å².